The van der Waals surface area contributed by atoms with Crippen molar-refractivity contribution in [2.24, 2.45) is 0 Å². The van der Waals surface area contributed by atoms with E-state index < -0.39 is 17.7 Å². The van der Waals surface area contributed by atoms with Crippen LogP contribution in [0.5, 0.6) is 0 Å². The van der Waals surface area contributed by atoms with Crippen molar-refractivity contribution < 1.29 is 19.2 Å². The number of nitrogens with one attached hydrogen (secondary N) is 1. The number of carbonyl (C=O) groups is 4. The van der Waals surface area contributed by atoms with Gasteiger partial charge in [-0.25, -0.2) is 4.52 Å². The first-order valence-corrected chi connectivity index (χ1v) is 10.8. The van der Waals surface area contributed by atoms with Crippen LogP contribution in [0.1, 0.15) is 40.0 Å². The molecule has 168 valence electrons. The average Bonchev–Trinajstić information content (AvgIpc) is 3.27. The van der Waals surface area contributed by atoms with Gasteiger partial charge < -0.3 is 9.80 Å². The Labute approximate surface area is 189 Å². The van der Waals surface area contributed by atoms with Crippen LogP contribution in [0, 0.1) is 0 Å². The Hall–Kier alpha value is -4.08. The molecule has 0 spiro atoms. The number of rotatable bonds is 3. The van der Waals surface area contributed by atoms with Crippen molar-refractivity contribution in [2.45, 2.75) is 19.3 Å². The Morgan fingerprint density at radius 3 is 2.39 bits per heavy atom. The second-order valence-corrected chi connectivity index (χ2v) is 8.21. The lowest BCUT2D eigenvalue weighted by molar-refractivity contribution is -0.135. The van der Waals surface area contributed by atoms with Crippen molar-refractivity contribution in [3.63, 3.8) is 0 Å². The van der Waals surface area contributed by atoms with Gasteiger partial charge in [0.15, 0.2) is 0 Å². The molecule has 33 heavy (non-hydrogen) atoms. The Kier molecular flexibility index (Phi) is 5.33. The maximum absolute atomic E-state index is 13.0. The molecule has 2 aliphatic rings. The van der Waals surface area contributed by atoms with E-state index in [2.05, 4.69) is 15.4 Å². The third-order valence-electron chi connectivity index (χ3n) is 5.93. The van der Waals surface area contributed by atoms with Gasteiger partial charge in [0.1, 0.15) is 13.1 Å². The number of fused-ring (bicyclic) bond motifs is 1. The number of nitrogens with zero attached hydrogens (tertiary/aromatic N) is 5. The lowest BCUT2D eigenvalue weighted by atomic mass is 10.1. The summed E-state index contributed by atoms with van der Waals surface area (Å²) in [5.41, 5.74) is 2.76. The van der Waals surface area contributed by atoms with Gasteiger partial charge in [0, 0.05) is 31.0 Å². The third-order valence-corrected chi connectivity index (χ3v) is 5.93. The smallest absolute Gasteiger partial charge is 0.257 e. The normalized spacial score (nSPS) is 16.7. The Morgan fingerprint density at radius 1 is 0.879 bits per heavy atom. The van der Waals surface area contributed by atoms with Gasteiger partial charge in [-0.05, 0) is 37.5 Å². The molecule has 1 N–H and O–H groups in total. The number of aromatic nitrogens is 3. The van der Waals surface area contributed by atoms with Crippen LogP contribution in [-0.2, 0) is 9.59 Å². The molecule has 2 aliphatic heterocycles. The molecule has 0 bridgehead atoms. The topological polar surface area (TPSA) is 117 Å². The third kappa shape index (κ3) is 3.95. The molecule has 0 aromatic carbocycles. The zero-order valence-corrected chi connectivity index (χ0v) is 17.9. The quantitative estimate of drug-likeness (QED) is 0.603. The number of imide groups is 1. The van der Waals surface area contributed by atoms with Crippen LogP contribution in [0.3, 0.4) is 0 Å². The van der Waals surface area contributed by atoms with Crippen molar-refractivity contribution in [1.29, 1.82) is 0 Å². The maximum atomic E-state index is 13.0. The van der Waals surface area contributed by atoms with Crippen molar-refractivity contribution >= 4 is 29.1 Å². The van der Waals surface area contributed by atoms with Gasteiger partial charge in [0.05, 0.1) is 28.5 Å². The van der Waals surface area contributed by atoms with Crippen LogP contribution < -0.4 is 5.32 Å². The fourth-order valence-electron chi connectivity index (χ4n) is 4.32. The van der Waals surface area contributed by atoms with Crippen LogP contribution in [0.25, 0.3) is 16.8 Å². The van der Waals surface area contributed by atoms with Crippen molar-refractivity contribution in [2.75, 3.05) is 26.2 Å². The molecule has 2 saturated heterocycles. The van der Waals surface area contributed by atoms with Crippen molar-refractivity contribution in [3.05, 3.63) is 54.0 Å². The highest BCUT2D eigenvalue weighted by atomic mass is 16.2. The zero-order chi connectivity index (χ0) is 22.9. The molecule has 5 heterocycles. The molecule has 0 saturated carbocycles. The van der Waals surface area contributed by atoms with Crippen LogP contribution in [-0.4, -0.2) is 74.2 Å². The standard InChI is InChI=1S/C23H22N6O4/c30-20-13-28(14-21(31)26-20)22(32)16-9-15(10-24-11-16)18-5-4-6-19-17(12-25-29(18)19)23(33)27-7-2-1-3-8-27/h4-6,9-12H,1-3,7-8,13-14H2,(H,26,30,31). The minimum absolute atomic E-state index is 0.0306. The number of piperazine rings is 1. The van der Waals surface area contributed by atoms with E-state index in [1.165, 1.54) is 11.1 Å². The molecule has 0 unspecified atom stereocenters. The van der Waals surface area contributed by atoms with Crippen LogP contribution in [0.15, 0.2) is 42.9 Å². The molecule has 10 heteroatoms. The summed E-state index contributed by atoms with van der Waals surface area (Å²) in [6.45, 7) is 1.12. The van der Waals surface area contributed by atoms with Gasteiger partial charge in [-0.3, -0.25) is 29.5 Å². The molecular weight excluding hydrogens is 424 g/mol. The molecule has 5 rings (SSSR count). The first-order chi connectivity index (χ1) is 16.0. The average molecular weight is 446 g/mol. The van der Waals surface area contributed by atoms with Crippen LogP contribution >= 0.6 is 0 Å². The number of hydrogen-bond donors (Lipinski definition) is 1. The summed E-state index contributed by atoms with van der Waals surface area (Å²) in [5.74, 6) is -1.52. The predicted octanol–water partition coefficient (Wildman–Crippen LogP) is 1.12. The van der Waals surface area contributed by atoms with E-state index >= 15 is 0 Å². The Balaban J connectivity index is 1.47. The Morgan fingerprint density at radius 2 is 1.64 bits per heavy atom. The first kappa shape index (κ1) is 20.8. The largest absolute Gasteiger partial charge is 0.339 e. The second-order valence-electron chi connectivity index (χ2n) is 8.21. The predicted molar refractivity (Wildman–Crippen MR) is 117 cm³/mol. The van der Waals surface area contributed by atoms with E-state index in [1.807, 2.05) is 23.1 Å². The summed E-state index contributed by atoms with van der Waals surface area (Å²) < 4.78 is 1.67. The van der Waals surface area contributed by atoms with Crippen LogP contribution in [0.4, 0.5) is 0 Å². The number of piperidine rings is 1. The van der Waals surface area contributed by atoms with Crippen molar-refractivity contribution in [3.8, 4) is 11.3 Å². The lowest BCUT2D eigenvalue weighted by Gasteiger charge is -2.26. The molecule has 3 aromatic heterocycles. The van der Waals surface area contributed by atoms with Gasteiger partial charge in [-0.1, -0.05) is 6.07 Å². The van der Waals surface area contributed by atoms with Gasteiger partial charge in [-0.15, -0.1) is 0 Å². The molecular formula is C23H22N6O4. The minimum atomic E-state index is -0.518. The molecule has 3 aromatic rings. The molecule has 4 amide bonds. The number of likely N-dealkylation sites (tertiary alicyclic amines) is 1. The summed E-state index contributed by atoms with van der Waals surface area (Å²) in [6, 6.07) is 7.16. The molecule has 0 atom stereocenters. The van der Waals surface area contributed by atoms with Gasteiger partial charge in [0.25, 0.3) is 11.8 Å². The fourth-order valence-corrected chi connectivity index (χ4v) is 4.32. The second kappa shape index (κ2) is 8.45. The van der Waals surface area contributed by atoms with E-state index in [0.29, 0.717) is 22.3 Å². The van der Waals surface area contributed by atoms with Crippen molar-refractivity contribution in [1.82, 2.24) is 29.7 Å². The van der Waals surface area contributed by atoms with Gasteiger partial charge in [-0.2, -0.15) is 5.10 Å². The van der Waals surface area contributed by atoms with E-state index in [1.54, 1.807) is 23.0 Å². The summed E-state index contributed by atoms with van der Waals surface area (Å²) in [4.78, 5) is 56.5. The minimum Gasteiger partial charge on any atom is -0.339 e. The Bertz CT molecular complexity index is 1260. The summed E-state index contributed by atoms with van der Waals surface area (Å²) in [5, 5.41) is 6.62. The number of carbonyl (C=O) groups excluding carboxylic acids is 4. The zero-order valence-electron chi connectivity index (χ0n) is 17.9. The highest BCUT2D eigenvalue weighted by molar-refractivity contribution is 6.06. The SMILES string of the molecule is O=C1CN(C(=O)c2cncc(-c3cccc4c(C(=O)N5CCCCC5)cnn34)c2)CC(=O)N1. The summed E-state index contributed by atoms with van der Waals surface area (Å²) in [6.07, 6.45) is 7.74. The molecule has 10 nitrogen and oxygen atoms in total. The number of pyridine rings is 2. The van der Waals surface area contributed by atoms with Gasteiger partial charge in [0.2, 0.25) is 11.8 Å². The fraction of sp³-hybridized carbons (Fsp3) is 0.304. The molecule has 0 aliphatic carbocycles. The highest BCUT2D eigenvalue weighted by Crippen LogP contribution is 2.24. The summed E-state index contributed by atoms with van der Waals surface area (Å²) >= 11 is 0. The van der Waals surface area contributed by atoms with E-state index in [9.17, 15) is 19.2 Å². The number of amides is 4. The van der Waals surface area contributed by atoms with E-state index in [0.717, 1.165) is 32.4 Å². The summed E-state index contributed by atoms with van der Waals surface area (Å²) in [7, 11) is 0. The highest BCUT2D eigenvalue weighted by Gasteiger charge is 2.28. The molecule has 0 radical (unpaired) electrons. The molecule has 2 fully saturated rings. The maximum Gasteiger partial charge on any atom is 0.257 e. The van der Waals surface area contributed by atoms with Crippen LogP contribution in [0.2, 0.25) is 0 Å². The monoisotopic (exact) mass is 446 g/mol. The van der Waals surface area contributed by atoms with E-state index in [4.69, 9.17) is 0 Å². The first-order valence-electron chi connectivity index (χ1n) is 10.8. The van der Waals surface area contributed by atoms with Gasteiger partial charge >= 0.3 is 0 Å². The number of hydrogen-bond acceptors (Lipinski definition) is 6. The lowest BCUT2D eigenvalue weighted by Crippen LogP contribution is -2.53. The van der Waals surface area contributed by atoms with E-state index in [-0.39, 0.29) is 24.6 Å².